The van der Waals surface area contributed by atoms with Gasteiger partial charge in [-0.2, -0.15) is 5.10 Å². The van der Waals surface area contributed by atoms with E-state index in [9.17, 15) is 9.59 Å². The fourth-order valence-electron chi connectivity index (χ4n) is 8.04. The zero-order valence-corrected chi connectivity index (χ0v) is 24.8. The molecule has 0 unspecified atom stereocenters. The number of anilines is 1. The Morgan fingerprint density at radius 1 is 0.951 bits per heavy atom. The van der Waals surface area contributed by atoms with Gasteiger partial charge in [-0.1, -0.05) is 61.9 Å². The first-order valence-corrected chi connectivity index (χ1v) is 15.3. The van der Waals surface area contributed by atoms with Gasteiger partial charge < -0.3 is 15.5 Å². The summed E-state index contributed by atoms with van der Waals surface area (Å²) in [5, 5.41) is 11.5. The Bertz CT molecular complexity index is 1370. The molecule has 2 N–H and O–H groups in total. The van der Waals surface area contributed by atoms with Gasteiger partial charge >= 0.3 is 6.03 Å². The first-order chi connectivity index (χ1) is 19.7. The van der Waals surface area contributed by atoms with E-state index in [0.717, 1.165) is 65.1 Å². The molecule has 0 atom stereocenters. The fourth-order valence-corrected chi connectivity index (χ4v) is 8.04. The van der Waals surface area contributed by atoms with E-state index in [1.807, 2.05) is 68.4 Å². The number of amides is 3. The lowest BCUT2D eigenvalue weighted by molar-refractivity contribution is -0.117. The van der Waals surface area contributed by atoms with Crippen molar-refractivity contribution in [2.24, 2.45) is 23.7 Å². The van der Waals surface area contributed by atoms with E-state index in [2.05, 4.69) is 24.5 Å². The molecule has 2 aromatic carbocycles. The summed E-state index contributed by atoms with van der Waals surface area (Å²) in [6, 6.07) is 18.0. The molecule has 4 aliphatic carbocycles. The second kappa shape index (κ2) is 11.0. The maximum Gasteiger partial charge on any atom is 0.318 e. The Kier molecular flexibility index (Phi) is 7.39. The van der Waals surface area contributed by atoms with Gasteiger partial charge in [-0.25, -0.2) is 9.48 Å². The summed E-state index contributed by atoms with van der Waals surface area (Å²) in [6.45, 7) is 8.70. The number of hydrogen-bond donors (Lipinski definition) is 2. The third-order valence-electron chi connectivity index (χ3n) is 9.28. The van der Waals surface area contributed by atoms with Crippen LogP contribution in [0.5, 0.6) is 0 Å². The highest BCUT2D eigenvalue weighted by Gasteiger charge is 2.51. The van der Waals surface area contributed by atoms with E-state index in [1.54, 1.807) is 9.58 Å². The monoisotopic (exact) mass is 553 g/mol. The third-order valence-corrected chi connectivity index (χ3v) is 9.28. The molecule has 4 fully saturated rings. The molecular formula is C34H43N5O2. The topological polar surface area (TPSA) is 79.3 Å². The molecule has 1 heterocycles. The van der Waals surface area contributed by atoms with Crippen molar-refractivity contribution in [2.75, 3.05) is 18.4 Å². The van der Waals surface area contributed by atoms with Crippen LogP contribution in [-0.2, 0) is 4.79 Å². The van der Waals surface area contributed by atoms with E-state index in [0.29, 0.717) is 12.4 Å². The number of nitrogens with one attached hydrogen (secondary N) is 2. The summed E-state index contributed by atoms with van der Waals surface area (Å²) in [6.07, 6.45) is 7.23. The number of nitrogens with zero attached hydrogens (tertiary/aromatic N) is 3. The van der Waals surface area contributed by atoms with Crippen LogP contribution in [0.15, 0.2) is 54.6 Å². The Balaban J connectivity index is 1.25. The van der Waals surface area contributed by atoms with Crippen LogP contribution in [0.4, 0.5) is 10.6 Å². The maximum atomic E-state index is 13.8. The summed E-state index contributed by atoms with van der Waals surface area (Å²) in [4.78, 5) is 29.2. The molecule has 3 aromatic rings. The first kappa shape index (κ1) is 27.6. The van der Waals surface area contributed by atoms with Crippen LogP contribution in [0, 0.1) is 37.5 Å². The van der Waals surface area contributed by atoms with Crippen molar-refractivity contribution in [3.63, 3.8) is 0 Å². The molecule has 0 aliphatic heterocycles. The van der Waals surface area contributed by atoms with Crippen molar-refractivity contribution in [3.8, 4) is 16.8 Å². The van der Waals surface area contributed by atoms with E-state index in [4.69, 9.17) is 5.10 Å². The van der Waals surface area contributed by atoms with Crippen LogP contribution in [0.3, 0.4) is 0 Å². The molecule has 1 aromatic heterocycles. The van der Waals surface area contributed by atoms with E-state index in [-0.39, 0.29) is 29.9 Å². The number of urea groups is 1. The van der Waals surface area contributed by atoms with E-state index >= 15 is 0 Å². The van der Waals surface area contributed by atoms with Crippen molar-refractivity contribution >= 4 is 17.8 Å². The van der Waals surface area contributed by atoms with Gasteiger partial charge in [0, 0.05) is 17.6 Å². The average molecular weight is 554 g/mol. The minimum absolute atomic E-state index is 0.0112. The minimum Gasteiger partial charge on any atom is -0.333 e. The van der Waals surface area contributed by atoms with Crippen LogP contribution >= 0.6 is 0 Å². The van der Waals surface area contributed by atoms with E-state index in [1.165, 1.54) is 19.3 Å². The first-order valence-electron chi connectivity index (χ1n) is 15.3. The van der Waals surface area contributed by atoms with Gasteiger partial charge in [0.15, 0.2) is 0 Å². The van der Waals surface area contributed by atoms with Crippen molar-refractivity contribution < 1.29 is 9.59 Å². The molecule has 216 valence electrons. The maximum absolute atomic E-state index is 13.8. The highest BCUT2D eigenvalue weighted by molar-refractivity contribution is 5.98. The molecule has 4 aliphatic rings. The van der Waals surface area contributed by atoms with Gasteiger partial charge in [0.05, 0.1) is 11.4 Å². The second-order valence-corrected chi connectivity index (χ2v) is 13.4. The summed E-state index contributed by atoms with van der Waals surface area (Å²) in [5.74, 6) is 2.86. The molecule has 7 nitrogen and oxygen atoms in total. The number of benzene rings is 2. The highest BCUT2D eigenvalue weighted by atomic mass is 16.2. The molecule has 0 radical (unpaired) electrons. The quantitative estimate of drug-likeness (QED) is 0.325. The van der Waals surface area contributed by atoms with Gasteiger partial charge in [-0.05, 0) is 93.7 Å². The molecule has 41 heavy (non-hydrogen) atoms. The van der Waals surface area contributed by atoms with Gasteiger partial charge in [0.2, 0.25) is 5.91 Å². The minimum atomic E-state index is -0.225. The number of carbonyl (C=O) groups excluding carboxylic acids is 2. The number of rotatable bonds is 8. The SMILES string of the molecule is Cc1ccc(-n2nc(C)c(-c3ccccc3)c2NC(=O)CN(CC(C)C)C(=O)NC23CC4CC(CC(C4)C2)C3)cc1. The summed E-state index contributed by atoms with van der Waals surface area (Å²) >= 11 is 0. The zero-order chi connectivity index (χ0) is 28.7. The molecular weight excluding hydrogens is 510 g/mol. The normalized spacial score (nSPS) is 24.5. The lowest BCUT2D eigenvalue weighted by Gasteiger charge is -2.57. The molecule has 4 bridgehead atoms. The lowest BCUT2D eigenvalue weighted by Crippen LogP contribution is -2.62. The lowest BCUT2D eigenvalue weighted by atomic mass is 9.53. The van der Waals surface area contributed by atoms with Gasteiger partial charge in [-0.3, -0.25) is 4.79 Å². The van der Waals surface area contributed by atoms with Gasteiger partial charge in [0.25, 0.3) is 0 Å². The Morgan fingerprint density at radius 3 is 2.15 bits per heavy atom. The second-order valence-electron chi connectivity index (χ2n) is 13.4. The molecule has 7 heteroatoms. The predicted molar refractivity (Wildman–Crippen MR) is 163 cm³/mol. The summed E-state index contributed by atoms with van der Waals surface area (Å²) < 4.78 is 1.80. The third kappa shape index (κ3) is 5.77. The van der Waals surface area contributed by atoms with Crippen LogP contribution in [-0.4, -0.2) is 45.2 Å². The van der Waals surface area contributed by atoms with Crippen LogP contribution in [0.25, 0.3) is 16.8 Å². The molecule has 3 amide bonds. The van der Waals surface area contributed by atoms with Crippen LogP contribution in [0.2, 0.25) is 0 Å². The average Bonchev–Trinajstić information content (AvgIpc) is 3.23. The number of aromatic nitrogens is 2. The summed E-state index contributed by atoms with van der Waals surface area (Å²) in [5.41, 5.74) is 4.62. The van der Waals surface area contributed by atoms with Crippen molar-refractivity contribution in [1.82, 2.24) is 20.0 Å². The number of hydrogen-bond acceptors (Lipinski definition) is 3. The van der Waals surface area contributed by atoms with Crippen molar-refractivity contribution in [3.05, 3.63) is 65.9 Å². The molecule has 4 saturated carbocycles. The predicted octanol–water partition coefficient (Wildman–Crippen LogP) is 6.73. The fraction of sp³-hybridized carbons (Fsp3) is 0.500. The molecule has 0 spiro atoms. The number of carbonyl (C=O) groups is 2. The van der Waals surface area contributed by atoms with Crippen molar-refractivity contribution in [1.29, 1.82) is 0 Å². The van der Waals surface area contributed by atoms with E-state index < -0.39 is 0 Å². The Hall–Kier alpha value is -3.61. The van der Waals surface area contributed by atoms with Gasteiger partial charge in [0.1, 0.15) is 12.4 Å². The van der Waals surface area contributed by atoms with Crippen LogP contribution < -0.4 is 10.6 Å². The highest BCUT2D eigenvalue weighted by Crippen LogP contribution is 2.55. The largest absolute Gasteiger partial charge is 0.333 e. The number of aryl methyl sites for hydroxylation is 2. The Labute approximate surface area is 243 Å². The summed E-state index contributed by atoms with van der Waals surface area (Å²) in [7, 11) is 0. The standard InChI is InChI=1S/C34H43N5O2/c1-22(2)20-38(33(41)36-34-17-25-14-26(18-34)16-27(15-25)19-34)21-30(40)35-32-31(28-8-6-5-7-9-28)24(4)37-39(32)29-12-10-23(3)11-13-29/h5-13,22,25-27H,14-21H2,1-4H3,(H,35,40)(H,36,41). The molecule has 7 rings (SSSR count). The molecule has 0 saturated heterocycles. The van der Waals surface area contributed by atoms with Crippen molar-refractivity contribution in [2.45, 2.75) is 71.8 Å². The van der Waals surface area contributed by atoms with Crippen LogP contribution in [0.1, 0.15) is 63.6 Å². The zero-order valence-electron chi connectivity index (χ0n) is 24.8. The smallest absolute Gasteiger partial charge is 0.318 e. The van der Waals surface area contributed by atoms with Gasteiger partial charge in [-0.15, -0.1) is 0 Å². The Morgan fingerprint density at radius 2 is 1.56 bits per heavy atom.